The highest BCUT2D eigenvalue weighted by Crippen LogP contribution is 2.32. The Bertz CT molecular complexity index is 824. The summed E-state index contributed by atoms with van der Waals surface area (Å²) in [6, 6.07) is 18.3. The lowest BCUT2D eigenvalue weighted by atomic mass is 9.88. The molecule has 0 bridgehead atoms. The molecule has 0 aliphatic carbocycles. The molecule has 0 radical (unpaired) electrons. The molecule has 0 unspecified atom stereocenters. The molecule has 1 aliphatic rings. The first kappa shape index (κ1) is 17.8. The number of benzene rings is 2. The Morgan fingerprint density at radius 1 is 1.12 bits per heavy atom. The Morgan fingerprint density at radius 3 is 2.62 bits per heavy atom. The lowest BCUT2D eigenvalue weighted by Crippen LogP contribution is -2.43. The van der Waals surface area contributed by atoms with Gasteiger partial charge in [-0.05, 0) is 29.5 Å². The van der Waals surface area contributed by atoms with Crippen LogP contribution >= 0.6 is 0 Å². The molecule has 0 saturated heterocycles. The number of carbonyl (C=O) groups excluding carboxylic acids is 2. The lowest BCUT2D eigenvalue weighted by Gasteiger charge is -2.37. The highest BCUT2D eigenvalue weighted by atomic mass is 16.2. The predicted octanol–water partition coefficient (Wildman–Crippen LogP) is 2.49. The van der Waals surface area contributed by atoms with E-state index in [0.29, 0.717) is 6.54 Å². The number of fused-ring (bicyclic) bond motifs is 1. The fraction of sp³-hybridized carbons (Fsp3) is 0.273. The minimum Gasteiger partial charge on any atom is -0.345 e. The number of carbonyl (C=O) groups is 2. The third-order valence-electron chi connectivity index (χ3n) is 4.70. The van der Waals surface area contributed by atoms with E-state index >= 15 is 0 Å². The summed E-state index contributed by atoms with van der Waals surface area (Å²) in [5, 5.41) is 2.56. The van der Waals surface area contributed by atoms with Crippen LogP contribution in [0.15, 0.2) is 54.6 Å². The zero-order valence-corrected chi connectivity index (χ0v) is 14.7. The number of nitrogens with one attached hydrogen (secondary N) is 1. The molecule has 0 spiro atoms. The summed E-state index contributed by atoms with van der Waals surface area (Å²) in [5.41, 5.74) is 3.61. The summed E-state index contributed by atoms with van der Waals surface area (Å²) in [5.74, 6) is 1.86. The number of rotatable bonds is 5. The SMILES string of the molecule is C#CCNC(=O)CC(=O)N1CCc2ccccc2[C@@H]1Cc1ccccc1. The van der Waals surface area contributed by atoms with Crippen LogP contribution in [0.25, 0.3) is 0 Å². The van der Waals surface area contributed by atoms with Crippen LogP contribution in [0.3, 0.4) is 0 Å². The first-order valence-electron chi connectivity index (χ1n) is 8.80. The van der Waals surface area contributed by atoms with E-state index in [0.717, 1.165) is 12.8 Å². The molecular formula is C22H22N2O2. The van der Waals surface area contributed by atoms with Crippen LogP contribution < -0.4 is 5.32 Å². The third-order valence-corrected chi connectivity index (χ3v) is 4.70. The lowest BCUT2D eigenvalue weighted by molar-refractivity contribution is -0.138. The van der Waals surface area contributed by atoms with Crippen molar-refractivity contribution in [1.82, 2.24) is 10.2 Å². The Morgan fingerprint density at radius 2 is 1.85 bits per heavy atom. The van der Waals surface area contributed by atoms with Gasteiger partial charge in [-0.25, -0.2) is 0 Å². The fourth-order valence-electron chi connectivity index (χ4n) is 3.46. The van der Waals surface area contributed by atoms with Gasteiger partial charge in [-0.1, -0.05) is 60.5 Å². The van der Waals surface area contributed by atoms with E-state index in [1.165, 1.54) is 16.7 Å². The monoisotopic (exact) mass is 346 g/mol. The molecule has 26 heavy (non-hydrogen) atoms. The Labute approximate surface area is 154 Å². The minimum absolute atomic E-state index is 0.0599. The smallest absolute Gasteiger partial charge is 0.232 e. The normalized spacial score (nSPS) is 15.7. The molecule has 3 rings (SSSR count). The van der Waals surface area contributed by atoms with E-state index in [1.807, 2.05) is 35.2 Å². The van der Waals surface area contributed by atoms with Gasteiger partial charge in [-0.3, -0.25) is 9.59 Å². The molecule has 0 fully saturated rings. The summed E-state index contributed by atoms with van der Waals surface area (Å²) in [7, 11) is 0. The molecule has 132 valence electrons. The van der Waals surface area contributed by atoms with Crippen molar-refractivity contribution in [2.24, 2.45) is 0 Å². The second-order valence-corrected chi connectivity index (χ2v) is 6.40. The zero-order valence-electron chi connectivity index (χ0n) is 14.7. The standard InChI is InChI=1S/C22H22N2O2/c1-2-13-23-21(25)16-22(26)24-14-12-18-10-6-7-11-19(18)20(24)15-17-8-4-3-5-9-17/h1,3-11,20H,12-16H2,(H,23,25)/t20-/m0/s1. The van der Waals surface area contributed by atoms with Crippen molar-refractivity contribution < 1.29 is 9.59 Å². The summed E-state index contributed by atoms with van der Waals surface area (Å²) >= 11 is 0. The van der Waals surface area contributed by atoms with Gasteiger partial charge >= 0.3 is 0 Å². The molecule has 4 heteroatoms. The van der Waals surface area contributed by atoms with Crippen molar-refractivity contribution in [1.29, 1.82) is 0 Å². The maximum absolute atomic E-state index is 12.8. The van der Waals surface area contributed by atoms with Gasteiger partial charge in [-0.2, -0.15) is 0 Å². The van der Waals surface area contributed by atoms with Gasteiger partial charge in [0.05, 0.1) is 12.6 Å². The van der Waals surface area contributed by atoms with Crippen molar-refractivity contribution in [2.75, 3.05) is 13.1 Å². The van der Waals surface area contributed by atoms with Gasteiger partial charge in [0.25, 0.3) is 0 Å². The fourth-order valence-corrected chi connectivity index (χ4v) is 3.46. The van der Waals surface area contributed by atoms with E-state index in [9.17, 15) is 9.59 Å². The van der Waals surface area contributed by atoms with E-state index < -0.39 is 0 Å². The first-order valence-corrected chi connectivity index (χ1v) is 8.80. The van der Waals surface area contributed by atoms with Gasteiger partial charge < -0.3 is 10.2 Å². The van der Waals surface area contributed by atoms with Crippen molar-refractivity contribution in [3.05, 3.63) is 71.3 Å². The van der Waals surface area contributed by atoms with E-state index in [1.54, 1.807) is 0 Å². The van der Waals surface area contributed by atoms with E-state index in [-0.39, 0.29) is 30.8 Å². The molecule has 0 saturated carbocycles. The Kier molecular flexibility index (Phi) is 5.70. The Balaban J connectivity index is 1.82. The van der Waals surface area contributed by atoms with Crippen molar-refractivity contribution in [3.63, 3.8) is 0 Å². The van der Waals surface area contributed by atoms with Crippen molar-refractivity contribution in [2.45, 2.75) is 25.3 Å². The van der Waals surface area contributed by atoms with Crippen molar-refractivity contribution in [3.8, 4) is 12.3 Å². The Hall–Kier alpha value is -3.06. The van der Waals surface area contributed by atoms with E-state index in [2.05, 4.69) is 35.5 Å². The first-order chi connectivity index (χ1) is 12.7. The summed E-state index contributed by atoms with van der Waals surface area (Å²) in [6.45, 7) is 0.762. The van der Waals surface area contributed by atoms with Crippen LogP contribution in [-0.4, -0.2) is 29.8 Å². The van der Waals surface area contributed by atoms with Crippen molar-refractivity contribution >= 4 is 11.8 Å². The zero-order chi connectivity index (χ0) is 18.4. The van der Waals surface area contributed by atoms with Crippen LogP contribution in [0.2, 0.25) is 0 Å². The maximum atomic E-state index is 12.8. The van der Waals surface area contributed by atoms with Crippen LogP contribution in [-0.2, 0) is 22.4 Å². The second-order valence-electron chi connectivity index (χ2n) is 6.40. The molecule has 1 aliphatic heterocycles. The van der Waals surface area contributed by atoms with Crippen LogP contribution in [0, 0.1) is 12.3 Å². The average molecular weight is 346 g/mol. The molecule has 1 atom stereocenters. The van der Waals surface area contributed by atoms with Gasteiger partial charge in [0, 0.05) is 6.54 Å². The van der Waals surface area contributed by atoms with Gasteiger partial charge in [-0.15, -0.1) is 6.42 Å². The summed E-state index contributed by atoms with van der Waals surface area (Å²) < 4.78 is 0. The largest absolute Gasteiger partial charge is 0.345 e. The molecule has 1 heterocycles. The minimum atomic E-state index is -0.328. The molecule has 0 aromatic heterocycles. The topological polar surface area (TPSA) is 49.4 Å². The summed E-state index contributed by atoms with van der Waals surface area (Å²) in [6.07, 6.45) is 6.52. The maximum Gasteiger partial charge on any atom is 0.232 e. The van der Waals surface area contributed by atoms with Gasteiger partial charge in [0.1, 0.15) is 6.42 Å². The third kappa shape index (κ3) is 4.12. The molecule has 2 amide bonds. The second kappa shape index (κ2) is 8.35. The van der Waals surface area contributed by atoms with Crippen LogP contribution in [0.4, 0.5) is 0 Å². The van der Waals surface area contributed by atoms with Gasteiger partial charge in [0.2, 0.25) is 11.8 Å². The molecule has 2 aromatic carbocycles. The highest BCUT2D eigenvalue weighted by Gasteiger charge is 2.31. The number of terminal acetylenes is 1. The summed E-state index contributed by atoms with van der Waals surface area (Å²) in [4.78, 5) is 26.5. The average Bonchev–Trinajstić information content (AvgIpc) is 2.67. The molecular weight excluding hydrogens is 324 g/mol. The number of amides is 2. The number of nitrogens with zero attached hydrogens (tertiary/aromatic N) is 1. The highest BCUT2D eigenvalue weighted by molar-refractivity contribution is 5.97. The number of hydrogen-bond acceptors (Lipinski definition) is 2. The van der Waals surface area contributed by atoms with E-state index in [4.69, 9.17) is 6.42 Å². The quantitative estimate of drug-likeness (QED) is 0.668. The molecule has 4 nitrogen and oxygen atoms in total. The van der Waals surface area contributed by atoms with Crippen LogP contribution in [0.1, 0.15) is 29.2 Å². The number of hydrogen-bond donors (Lipinski definition) is 1. The molecule has 1 N–H and O–H groups in total. The predicted molar refractivity (Wildman–Crippen MR) is 101 cm³/mol. The molecule has 2 aromatic rings. The van der Waals surface area contributed by atoms with Gasteiger partial charge in [0.15, 0.2) is 0 Å². The van der Waals surface area contributed by atoms with Crippen LogP contribution in [0.5, 0.6) is 0 Å².